The van der Waals surface area contributed by atoms with Crippen LogP contribution in [0, 0.1) is 0 Å². The average Bonchev–Trinajstić information content (AvgIpc) is 2.26. The standard InChI is InChI=1S/C14H19NO3S/c1-4-15-13-8-6-5-7-12(13)11(9-14(15,2)3)10-19(16,17)18/h5-9H,4,10H2,1-3H3,(H,16,17,18). The van der Waals surface area contributed by atoms with E-state index in [0.717, 1.165) is 17.8 Å². The molecule has 1 aliphatic heterocycles. The number of fused-ring (bicyclic) bond motifs is 1. The Morgan fingerprint density at radius 3 is 2.47 bits per heavy atom. The molecule has 1 aliphatic rings. The fourth-order valence-corrected chi connectivity index (χ4v) is 3.40. The molecule has 1 aromatic carbocycles. The van der Waals surface area contributed by atoms with Gasteiger partial charge in [-0.1, -0.05) is 24.3 Å². The van der Waals surface area contributed by atoms with Gasteiger partial charge in [0.1, 0.15) is 5.75 Å². The maximum absolute atomic E-state index is 11.2. The highest BCUT2D eigenvalue weighted by atomic mass is 32.2. The fourth-order valence-electron chi connectivity index (χ4n) is 2.77. The molecule has 0 saturated carbocycles. The molecule has 19 heavy (non-hydrogen) atoms. The molecule has 0 spiro atoms. The first kappa shape index (κ1) is 14.1. The lowest BCUT2D eigenvalue weighted by Gasteiger charge is -2.43. The molecule has 0 saturated heterocycles. The van der Waals surface area contributed by atoms with Crippen LogP contribution in [0.1, 0.15) is 26.3 Å². The summed E-state index contributed by atoms with van der Waals surface area (Å²) < 4.78 is 31.5. The molecule has 1 N–H and O–H groups in total. The second kappa shape index (κ2) is 4.65. The second-order valence-corrected chi connectivity index (χ2v) is 6.76. The summed E-state index contributed by atoms with van der Waals surface area (Å²) in [6.45, 7) is 6.98. The number of benzene rings is 1. The van der Waals surface area contributed by atoms with Gasteiger partial charge in [-0.2, -0.15) is 8.42 Å². The maximum Gasteiger partial charge on any atom is 0.269 e. The number of likely N-dealkylation sites (N-methyl/N-ethyl adjacent to an activating group) is 1. The van der Waals surface area contributed by atoms with E-state index in [-0.39, 0.29) is 11.3 Å². The molecular weight excluding hydrogens is 262 g/mol. The van der Waals surface area contributed by atoms with Crippen LogP contribution in [0.25, 0.3) is 5.57 Å². The zero-order valence-corrected chi connectivity index (χ0v) is 12.2. The van der Waals surface area contributed by atoms with Crippen LogP contribution in [0.2, 0.25) is 0 Å². The minimum Gasteiger partial charge on any atom is -0.363 e. The van der Waals surface area contributed by atoms with Crippen molar-refractivity contribution in [1.82, 2.24) is 0 Å². The van der Waals surface area contributed by atoms with E-state index in [4.69, 9.17) is 4.55 Å². The molecule has 1 aromatic rings. The van der Waals surface area contributed by atoms with Crippen LogP contribution in [0.4, 0.5) is 5.69 Å². The van der Waals surface area contributed by atoms with Gasteiger partial charge in [-0.3, -0.25) is 4.55 Å². The van der Waals surface area contributed by atoms with Crippen molar-refractivity contribution in [3.63, 3.8) is 0 Å². The molecule has 0 amide bonds. The van der Waals surface area contributed by atoms with Crippen molar-refractivity contribution in [2.45, 2.75) is 26.3 Å². The van der Waals surface area contributed by atoms with Gasteiger partial charge in [0.25, 0.3) is 10.1 Å². The smallest absolute Gasteiger partial charge is 0.269 e. The Morgan fingerprint density at radius 2 is 1.89 bits per heavy atom. The number of para-hydroxylation sites is 1. The zero-order valence-electron chi connectivity index (χ0n) is 11.4. The quantitative estimate of drug-likeness (QED) is 0.865. The van der Waals surface area contributed by atoms with Gasteiger partial charge in [0.2, 0.25) is 0 Å². The van der Waals surface area contributed by atoms with Gasteiger partial charge in [-0.15, -0.1) is 0 Å². The first-order valence-electron chi connectivity index (χ1n) is 6.28. The molecular formula is C14H19NO3S. The number of nitrogens with zero attached hydrogens (tertiary/aromatic N) is 1. The third-order valence-electron chi connectivity index (χ3n) is 3.42. The van der Waals surface area contributed by atoms with Crippen molar-refractivity contribution in [1.29, 1.82) is 0 Å². The topological polar surface area (TPSA) is 57.6 Å². The highest BCUT2D eigenvalue weighted by molar-refractivity contribution is 7.86. The van der Waals surface area contributed by atoms with Crippen LogP contribution < -0.4 is 4.90 Å². The van der Waals surface area contributed by atoms with Gasteiger partial charge < -0.3 is 4.90 Å². The summed E-state index contributed by atoms with van der Waals surface area (Å²) in [6, 6.07) is 7.69. The van der Waals surface area contributed by atoms with E-state index < -0.39 is 10.1 Å². The lowest BCUT2D eigenvalue weighted by molar-refractivity contribution is 0.487. The predicted molar refractivity (Wildman–Crippen MR) is 77.9 cm³/mol. The third-order valence-corrected chi connectivity index (χ3v) is 4.09. The van der Waals surface area contributed by atoms with E-state index in [9.17, 15) is 8.42 Å². The first-order valence-corrected chi connectivity index (χ1v) is 7.89. The number of anilines is 1. The van der Waals surface area contributed by atoms with Crippen molar-refractivity contribution in [2.24, 2.45) is 0 Å². The van der Waals surface area contributed by atoms with Crippen molar-refractivity contribution >= 4 is 21.4 Å². The Balaban J connectivity index is 2.59. The molecule has 0 atom stereocenters. The van der Waals surface area contributed by atoms with E-state index >= 15 is 0 Å². The third kappa shape index (κ3) is 2.82. The average molecular weight is 281 g/mol. The molecule has 4 nitrogen and oxygen atoms in total. The number of hydrogen-bond acceptors (Lipinski definition) is 3. The van der Waals surface area contributed by atoms with Crippen molar-refractivity contribution in [2.75, 3.05) is 17.2 Å². The predicted octanol–water partition coefficient (Wildman–Crippen LogP) is 2.58. The number of rotatable bonds is 3. The highest BCUT2D eigenvalue weighted by Gasteiger charge is 2.32. The molecule has 0 unspecified atom stereocenters. The molecule has 0 aliphatic carbocycles. The lowest BCUT2D eigenvalue weighted by Crippen LogP contribution is -2.45. The van der Waals surface area contributed by atoms with E-state index in [1.165, 1.54) is 0 Å². The minimum absolute atomic E-state index is 0.275. The molecule has 0 radical (unpaired) electrons. The van der Waals surface area contributed by atoms with Gasteiger partial charge in [0.05, 0.1) is 5.54 Å². The fraction of sp³-hybridized carbons (Fsp3) is 0.429. The first-order chi connectivity index (χ1) is 8.74. The monoisotopic (exact) mass is 281 g/mol. The summed E-state index contributed by atoms with van der Waals surface area (Å²) in [5.74, 6) is -0.342. The molecule has 2 rings (SSSR count). The summed E-state index contributed by atoms with van der Waals surface area (Å²) >= 11 is 0. The van der Waals surface area contributed by atoms with E-state index in [1.807, 2.05) is 44.2 Å². The van der Waals surface area contributed by atoms with E-state index in [1.54, 1.807) is 0 Å². The Hall–Kier alpha value is -1.33. The zero-order chi connectivity index (χ0) is 14.3. The van der Waals surface area contributed by atoms with Crippen molar-refractivity contribution in [3.05, 3.63) is 35.9 Å². The van der Waals surface area contributed by atoms with E-state index in [2.05, 4.69) is 11.8 Å². The van der Waals surface area contributed by atoms with E-state index in [0.29, 0.717) is 5.57 Å². The molecule has 1 heterocycles. The Morgan fingerprint density at radius 1 is 1.26 bits per heavy atom. The molecule has 5 heteroatoms. The SMILES string of the molecule is CCN1c2ccccc2C(CS(=O)(=O)O)=CC1(C)C. The minimum atomic E-state index is -4.03. The van der Waals surface area contributed by atoms with Crippen molar-refractivity contribution in [3.8, 4) is 0 Å². The summed E-state index contributed by atoms with van der Waals surface area (Å²) in [5.41, 5.74) is 2.27. The van der Waals surface area contributed by atoms with Crippen LogP contribution in [0.3, 0.4) is 0 Å². The Labute approximate surface area is 114 Å². The molecule has 0 aromatic heterocycles. The van der Waals surface area contributed by atoms with Crippen LogP contribution in [0.5, 0.6) is 0 Å². The van der Waals surface area contributed by atoms with Gasteiger partial charge in [-0.25, -0.2) is 0 Å². The lowest BCUT2D eigenvalue weighted by atomic mass is 9.89. The second-order valence-electron chi connectivity index (χ2n) is 5.31. The van der Waals surface area contributed by atoms with Crippen LogP contribution in [0.15, 0.2) is 30.3 Å². The highest BCUT2D eigenvalue weighted by Crippen LogP contribution is 2.38. The summed E-state index contributed by atoms with van der Waals surface area (Å²) in [5, 5.41) is 0. The van der Waals surface area contributed by atoms with Crippen molar-refractivity contribution < 1.29 is 13.0 Å². The van der Waals surface area contributed by atoms with Gasteiger partial charge >= 0.3 is 0 Å². The van der Waals surface area contributed by atoms with Gasteiger partial charge in [0.15, 0.2) is 0 Å². The summed E-state index contributed by atoms with van der Waals surface area (Å²) in [4.78, 5) is 2.22. The molecule has 0 fully saturated rings. The maximum atomic E-state index is 11.2. The summed E-state index contributed by atoms with van der Waals surface area (Å²) in [6.07, 6.45) is 1.92. The largest absolute Gasteiger partial charge is 0.363 e. The Kier molecular flexibility index (Phi) is 3.45. The Bertz CT molecular complexity index is 617. The van der Waals surface area contributed by atoms with Crippen LogP contribution >= 0.6 is 0 Å². The normalized spacial score (nSPS) is 17.9. The van der Waals surface area contributed by atoms with Crippen LogP contribution in [-0.4, -0.2) is 30.8 Å². The molecule has 104 valence electrons. The van der Waals surface area contributed by atoms with Crippen LogP contribution in [-0.2, 0) is 10.1 Å². The molecule has 0 bridgehead atoms. The van der Waals surface area contributed by atoms with Gasteiger partial charge in [0, 0.05) is 17.8 Å². The van der Waals surface area contributed by atoms with Gasteiger partial charge in [-0.05, 0) is 32.4 Å². The number of hydrogen-bond donors (Lipinski definition) is 1. The summed E-state index contributed by atoms with van der Waals surface area (Å²) in [7, 11) is -4.03.